The van der Waals surface area contributed by atoms with Crippen molar-refractivity contribution in [1.29, 1.82) is 0 Å². The number of para-hydroxylation sites is 1. The Kier molecular flexibility index (Phi) is 7.66. The highest BCUT2D eigenvalue weighted by molar-refractivity contribution is 6.20. The molecule has 1 unspecified atom stereocenters. The van der Waals surface area contributed by atoms with E-state index >= 15 is 4.39 Å². The molecule has 0 spiro atoms. The van der Waals surface area contributed by atoms with Crippen molar-refractivity contribution >= 4 is 29.0 Å². The van der Waals surface area contributed by atoms with Crippen molar-refractivity contribution in [2.24, 2.45) is 4.99 Å². The van der Waals surface area contributed by atoms with Gasteiger partial charge in [-0.15, -0.1) is 0 Å². The zero-order valence-electron chi connectivity index (χ0n) is 23.5. The number of aromatic nitrogens is 1. The van der Waals surface area contributed by atoms with Gasteiger partial charge in [0.05, 0.1) is 23.6 Å². The first-order valence-corrected chi connectivity index (χ1v) is 13.4. The average molecular weight is 550 g/mol. The third-order valence-corrected chi connectivity index (χ3v) is 6.90. The van der Waals surface area contributed by atoms with Crippen molar-refractivity contribution in [3.8, 4) is 0 Å². The zero-order valence-corrected chi connectivity index (χ0v) is 23.5. The summed E-state index contributed by atoms with van der Waals surface area (Å²) in [5.74, 6) is -1.00. The summed E-state index contributed by atoms with van der Waals surface area (Å²) in [5.41, 5.74) is 4.56. The number of nitrogens with one attached hydrogen (secondary N) is 2. The summed E-state index contributed by atoms with van der Waals surface area (Å²) in [6.45, 7) is 8.19. The Morgan fingerprint density at radius 1 is 0.976 bits per heavy atom. The molecular weight excluding hydrogens is 517 g/mol. The molecule has 8 heteroatoms. The van der Waals surface area contributed by atoms with Crippen molar-refractivity contribution in [2.45, 2.75) is 45.8 Å². The average Bonchev–Trinajstić information content (AvgIpc) is 3.07. The molecule has 208 valence electrons. The summed E-state index contributed by atoms with van der Waals surface area (Å²) in [7, 11) is 0. The standard InChI is InChI=1S/C33H32FN5O2/c1-21-10-9-11-23(18-21)36-32(41)39(20-24-19-22(16-17-35-24)33(2,3)4)30-31(40)37-28-15-8-6-13-26(28)29(38-30)25-12-5-7-14-27(25)34/h5-19,30H,20H2,1-4H3,(H,36,41)(H,37,40). The lowest BCUT2D eigenvalue weighted by molar-refractivity contribution is -0.120. The second kappa shape index (κ2) is 11.3. The van der Waals surface area contributed by atoms with E-state index in [4.69, 9.17) is 4.99 Å². The number of hydrogen-bond acceptors (Lipinski definition) is 4. The molecule has 0 saturated carbocycles. The number of rotatable bonds is 5. The Labute approximate surface area is 239 Å². The minimum atomic E-state index is -1.32. The highest BCUT2D eigenvalue weighted by atomic mass is 19.1. The Morgan fingerprint density at radius 3 is 2.44 bits per heavy atom. The Bertz CT molecular complexity index is 1640. The van der Waals surface area contributed by atoms with E-state index in [1.807, 2.05) is 37.3 Å². The van der Waals surface area contributed by atoms with Gasteiger partial charge in [0.15, 0.2) is 0 Å². The Balaban J connectivity index is 1.63. The maximum absolute atomic E-state index is 15.1. The van der Waals surface area contributed by atoms with Gasteiger partial charge in [-0.1, -0.05) is 63.2 Å². The Hall–Kier alpha value is -4.85. The largest absolute Gasteiger partial charge is 0.324 e. The predicted octanol–water partition coefficient (Wildman–Crippen LogP) is 6.68. The van der Waals surface area contributed by atoms with E-state index in [0.29, 0.717) is 22.6 Å². The van der Waals surface area contributed by atoms with E-state index in [1.54, 1.807) is 54.7 Å². The quantitative estimate of drug-likeness (QED) is 0.291. The van der Waals surface area contributed by atoms with Crippen LogP contribution in [0, 0.1) is 12.7 Å². The van der Waals surface area contributed by atoms with Crippen LogP contribution in [0.3, 0.4) is 0 Å². The van der Waals surface area contributed by atoms with Crippen LogP contribution >= 0.6 is 0 Å². The molecule has 2 heterocycles. The van der Waals surface area contributed by atoms with Gasteiger partial charge in [0, 0.05) is 23.0 Å². The molecule has 0 fully saturated rings. The van der Waals surface area contributed by atoms with E-state index in [0.717, 1.165) is 11.1 Å². The van der Waals surface area contributed by atoms with Crippen LogP contribution in [-0.4, -0.2) is 33.7 Å². The highest BCUT2D eigenvalue weighted by Crippen LogP contribution is 2.28. The lowest BCUT2D eigenvalue weighted by atomic mass is 9.87. The second-order valence-electron chi connectivity index (χ2n) is 11.1. The Morgan fingerprint density at radius 2 is 1.71 bits per heavy atom. The molecule has 1 aliphatic rings. The molecular formula is C33H32FN5O2. The minimum Gasteiger partial charge on any atom is -0.322 e. The van der Waals surface area contributed by atoms with Crippen LogP contribution in [0.15, 0.2) is 96.1 Å². The molecule has 7 nitrogen and oxygen atoms in total. The summed E-state index contributed by atoms with van der Waals surface area (Å²) in [5, 5.41) is 5.81. The molecule has 0 radical (unpaired) electrons. The summed E-state index contributed by atoms with van der Waals surface area (Å²) in [6.07, 6.45) is 0.380. The third-order valence-electron chi connectivity index (χ3n) is 6.90. The van der Waals surface area contributed by atoms with Crippen LogP contribution in [0.5, 0.6) is 0 Å². The van der Waals surface area contributed by atoms with Crippen molar-refractivity contribution in [1.82, 2.24) is 9.88 Å². The molecule has 4 aromatic rings. The first-order valence-electron chi connectivity index (χ1n) is 13.4. The topological polar surface area (TPSA) is 86.7 Å². The first-order chi connectivity index (χ1) is 19.6. The van der Waals surface area contributed by atoms with E-state index in [-0.39, 0.29) is 23.2 Å². The van der Waals surface area contributed by atoms with Gasteiger partial charge in [-0.05, 0) is 65.9 Å². The molecule has 2 N–H and O–H groups in total. The number of urea groups is 1. The fraction of sp³-hybridized carbons (Fsp3) is 0.212. The number of carbonyl (C=O) groups excluding carboxylic acids is 2. The van der Waals surface area contributed by atoms with E-state index in [9.17, 15) is 9.59 Å². The van der Waals surface area contributed by atoms with Crippen LogP contribution in [0.4, 0.5) is 20.6 Å². The third kappa shape index (κ3) is 6.17. The number of aliphatic imine (C=N–C) groups is 1. The second-order valence-corrected chi connectivity index (χ2v) is 11.1. The maximum Gasteiger partial charge on any atom is 0.324 e. The van der Waals surface area contributed by atoms with Gasteiger partial charge in [0.1, 0.15) is 5.82 Å². The number of carbonyl (C=O) groups is 2. The van der Waals surface area contributed by atoms with Crippen molar-refractivity contribution in [2.75, 3.05) is 10.6 Å². The molecule has 0 bridgehead atoms. The number of benzene rings is 3. The number of fused-ring (bicyclic) bond motifs is 1. The monoisotopic (exact) mass is 549 g/mol. The normalized spacial score (nSPS) is 14.8. The summed E-state index contributed by atoms with van der Waals surface area (Å²) in [6, 6.07) is 24.1. The van der Waals surface area contributed by atoms with Gasteiger partial charge in [0.25, 0.3) is 5.91 Å². The molecule has 1 atom stereocenters. The fourth-order valence-electron chi connectivity index (χ4n) is 4.72. The lowest BCUT2D eigenvalue weighted by Gasteiger charge is -2.28. The number of halogens is 1. The number of amides is 3. The molecule has 41 heavy (non-hydrogen) atoms. The number of pyridine rings is 1. The fourth-order valence-corrected chi connectivity index (χ4v) is 4.72. The molecule has 1 aliphatic heterocycles. The van der Waals surface area contributed by atoms with Gasteiger partial charge < -0.3 is 10.6 Å². The highest BCUT2D eigenvalue weighted by Gasteiger charge is 2.34. The van der Waals surface area contributed by atoms with Crippen molar-refractivity contribution in [3.05, 3.63) is 125 Å². The van der Waals surface area contributed by atoms with Crippen LogP contribution < -0.4 is 10.6 Å². The first kappa shape index (κ1) is 27.7. The number of nitrogens with zero attached hydrogens (tertiary/aromatic N) is 3. The van der Waals surface area contributed by atoms with Gasteiger partial charge in [-0.25, -0.2) is 14.2 Å². The smallest absolute Gasteiger partial charge is 0.322 e. The summed E-state index contributed by atoms with van der Waals surface area (Å²) < 4.78 is 15.1. The molecule has 5 rings (SSSR count). The van der Waals surface area contributed by atoms with Crippen LogP contribution in [0.25, 0.3) is 0 Å². The van der Waals surface area contributed by atoms with E-state index in [2.05, 4.69) is 36.4 Å². The number of benzodiazepines with no additional fused rings is 1. The van der Waals surface area contributed by atoms with Gasteiger partial charge in [-0.2, -0.15) is 0 Å². The summed E-state index contributed by atoms with van der Waals surface area (Å²) in [4.78, 5) is 38.3. The molecule has 3 amide bonds. The van der Waals surface area contributed by atoms with E-state index in [1.165, 1.54) is 11.0 Å². The number of anilines is 2. The van der Waals surface area contributed by atoms with Crippen LogP contribution in [0.1, 0.15) is 48.7 Å². The van der Waals surface area contributed by atoms with Crippen molar-refractivity contribution in [3.63, 3.8) is 0 Å². The number of aryl methyl sites for hydroxylation is 1. The van der Waals surface area contributed by atoms with Crippen molar-refractivity contribution < 1.29 is 14.0 Å². The molecule has 1 aromatic heterocycles. The van der Waals surface area contributed by atoms with Gasteiger partial charge in [-0.3, -0.25) is 14.7 Å². The SMILES string of the molecule is Cc1cccc(NC(=O)N(Cc2cc(C(C)(C)C)ccn2)C2N=C(c3ccccc3F)c3ccccc3NC2=O)c1. The predicted molar refractivity (Wildman–Crippen MR) is 160 cm³/mol. The zero-order chi connectivity index (χ0) is 29.1. The summed E-state index contributed by atoms with van der Waals surface area (Å²) >= 11 is 0. The maximum atomic E-state index is 15.1. The van der Waals surface area contributed by atoms with Crippen LogP contribution in [-0.2, 0) is 16.8 Å². The minimum absolute atomic E-state index is 0.00987. The molecule has 3 aromatic carbocycles. The van der Waals surface area contributed by atoms with E-state index < -0.39 is 23.9 Å². The number of hydrogen-bond donors (Lipinski definition) is 2. The van der Waals surface area contributed by atoms with Gasteiger partial charge >= 0.3 is 6.03 Å². The lowest BCUT2D eigenvalue weighted by Crippen LogP contribution is -2.47. The van der Waals surface area contributed by atoms with Crippen LogP contribution in [0.2, 0.25) is 0 Å². The molecule has 0 aliphatic carbocycles. The molecule has 0 saturated heterocycles. The van der Waals surface area contributed by atoms with Gasteiger partial charge in [0.2, 0.25) is 6.17 Å².